The number of carbonyl (C=O) groups excluding carboxylic acids is 1. The number of guanidine groups is 1. The second-order valence-corrected chi connectivity index (χ2v) is 8.19. The number of hydrogen-bond donors (Lipinski definition) is 3. The number of carbonyl (C=O) groups is 1. The molecule has 29 heavy (non-hydrogen) atoms. The Morgan fingerprint density at radius 1 is 1.10 bits per heavy atom. The molecule has 1 aliphatic carbocycles. The molecule has 0 saturated heterocycles. The molecule has 0 aromatic rings. The number of hydrogen-bond acceptors (Lipinski definition) is 4. The summed E-state index contributed by atoms with van der Waals surface area (Å²) in [6, 6.07) is 0.287. The van der Waals surface area contributed by atoms with Gasteiger partial charge in [0.15, 0.2) is 5.96 Å². The van der Waals surface area contributed by atoms with Gasteiger partial charge in [-0.15, -0.1) is 24.0 Å². The third-order valence-corrected chi connectivity index (χ3v) is 4.25. The summed E-state index contributed by atoms with van der Waals surface area (Å²) >= 11 is 0. The second kappa shape index (κ2) is 12.7. The number of nitrogens with zero attached hydrogens (tertiary/aromatic N) is 2. The van der Waals surface area contributed by atoms with Crippen molar-refractivity contribution in [2.75, 3.05) is 33.7 Å². The molecule has 172 valence electrons. The Hall–Kier alpha value is -0.980. The van der Waals surface area contributed by atoms with Crippen LogP contribution in [0.15, 0.2) is 4.99 Å². The summed E-state index contributed by atoms with van der Waals surface area (Å²) in [7, 11) is 3.06. The van der Waals surface area contributed by atoms with E-state index in [4.69, 9.17) is 4.74 Å². The van der Waals surface area contributed by atoms with E-state index in [-0.39, 0.29) is 42.6 Å². The van der Waals surface area contributed by atoms with Crippen molar-refractivity contribution in [2.45, 2.75) is 70.3 Å². The Bertz CT molecular complexity index is 519. The molecule has 0 heterocycles. The fourth-order valence-corrected chi connectivity index (χ4v) is 2.99. The van der Waals surface area contributed by atoms with Crippen LogP contribution in [0.2, 0.25) is 0 Å². The third-order valence-electron chi connectivity index (χ3n) is 4.25. The largest absolute Gasteiger partial charge is 0.444 e. The summed E-state index contributed by atoms with van der Waals surface area (Å²) in [6.07, 6.45) is -1.24. The molecule has 1 rings (SSSR count). The highest BCUT2D eigenvalue weighted by Crippen LogP contribution is 2.19. The third kappa shape index (κ3) is 13.8. The van der Waals surface area contributed by atoms with Crippen LogP contribution < -0.4 is 16.0 Å². The van der Waals surface area contributed by atoms with Gasteiger partial charge in [0.2, 0.25) is 0 Å². The van der Waals surface area contributed by atoms with E-state index in [1.807, 2.05) is 20.8 Å². The Morgan fingerprint density at radius 2 is 1.62 bits per heavy atom. The van der Waals surface area contributed by atoms with Gasteiger partial charge >= 0.3 is 12.3 Å². The molecule has 0 aromatic heterocycles. The number of ether oxygens (including phenoxy) is 1. The number of alkyl carbamates (subject to hydrolysis) is 1. The predicted octanol–water partition coefficient (Wildman–Crippen LogP) is 3.10. The van der Waals surface area contributed by atoms with Gasteiger partial charge in [0.05, 0.1) is 6.54 Å². The molecule has 3 N–H and O–H groups in total. The average molecular weight is 537 g/mol. The molecular formula is C18H35F3IN5O2. The number of likely N-dealkylation sites (N-methyl/N-ethyl adjacent to an activating group) is 1. The minimum absolute atomic E-state index is 0. The van der Waals surface area contributed by atoms with Gasteiger partial charge in [-0.25, -0.2) is 4.79 Å². The number of halogens is 4. The first-order valence-corrected chi connectivity index (χ1v) is 9.60. The quantitative estimate of drug-likeness (QED) is 0.276. The van der Waals surface area contributed by atoms with Crippen molar-refractivity contribution >= 4 is 36.0 Å². The molecule has 1 fully saturated rings. The van der Waals surface area contributed by atoms with Crippen molar-refractivity contribution in [1.82, 2.24) is 20.9 Å². The van der Waals surface area contributed by atoms with Crippen LogP contribution in [-0.4, -0.2) is 74.5 Å². The van der Waals surface area contributed by atoms with Crippen LogP contribution in [0.3, 0.4) is 0 Å². The maximum Gasteiger partial charge on any atom is 0.407 e. The first-order chi connectivity index (χ1) is 12.9. The number of amides is 1. The van der Waals surface area contributed by atoms with Crippen molar-refractivity contribution in [3.05, 3.63) is 0 Å². The molecule has 7 nitrogen and oxygen atoms in total. The molecule has 0 unspecified atom stereocenters. The van der Waals surface area contributed by atoms with E-state index < -0.39 is 24.4 Å². The molecule has 0 radical (unpaired) electrons. The van der Waals surface area contributed by atoms with E-state index in [0.29, 0.717) is 12.5 Å². The zero-order valence-corrected chi connectivity index (χ0v) is 20.2. The minimum atomic E-state index is -4.19. The maximum atomic E-state index is 12.3. The summed E-state index contributed by atoms with van der Waals surface area (Å²) < 4.78 is 42.3. The Morgan fingerprint density at radius 3 is 2.07 bits per heavy atom. The van der Waals surface area contributed by atoms with Crippen LogP contribution in [0, 0.1) is 0 Å². The molecule has 0 aromatic carbocycles. The van der Waals surface area contributed by atoms with Crippen LogP contribution in [0.5, 0.6) is 0 Å². The first-order valence-electron chi connectivity index (χ1n) is 9.60. The van der Waals surface area contributed by atoms with Crippen molar-refractivity contribution in [1.29, 1.82) is 0 Å². The Labute approximate surface area is 188 Å². The van der Waals surface area contributed by atoms with Crippen molar-refractivity contribution in [3.8, 4) is 0 Å². The van der Waals surface area contributed by atoms with E-state index >= 15 is 0 Å². The molecule has 0 atom stereocenters. The monoisotopic (exact) mass is 537 g/mol. The van der Waals surface area contributed by atoms with Gasteiger partial charge in [-0.1, -0.05) is 0 Å². The lowest BCUT2D eigenvalue weighted by Gasteiger charge is -2.31. The Balaban J connectivity index is 0.00000784. The van der Waals surface area contributed by atoms with Gasteiger partial charge in [0.25, 0.3) is 0 Å². The number of rotatable bonds is 6. The van der Waals surface area contributed by atoms with E-state index in [1.165, 1.54) is 11.9 Å². The fourth-order valence-electron chi connectivity index (χ4n) is 2.99. The highest BCUT2D eigenvalue weighted by Gasteiger charge is 2.29. The van der Waals surface area contributed by atoms with Crippen LogP contribution in [0.1, 0.15) is 46.5 Å². The number of nitrogens with one attached hydrogen (secondary N) is 3. The summed E-state index contributed by atoms with van der Waals surface area (Å²) in [5.41, 5.74) is -0.519. The van der Waals surface area contributed by atoms with E-state index in [1.54, 1.807) is 7.05 Å². The zero-order chi connectivity index (χ0) is 21.4. The standard InChI is InChI=1S/C18H34F3N5O2.HI/c1-17(2,3)28-16(27)25-14-8-6-13(7-9-14)24-15(22-4)23-10-11-26(5)12-18(19,20)21;/h13-14H,6-12H2,1-5H3,(H,25,27)(H2,22,23,24);1H. The van der Waals surface area contributed by atoms with Crippen LogP contribution in [0.25, 0.3) is 0 Å². The van der Waals surface area contributed by atoms with Gasteiger partial charge in [-0.05, 0) is 53.5 Å². The van der Waals surface area contributed by atoms with E-state index in [9.17, 15) is 18.0 Å². The minimum Gasteiger partial charge on any atom is -0.444 e. The zero-order valence-electron chi connectivity index (χ0n) is 17.9. The van der Waals surface area contributed by atoms with Gasteiger partial charge in [0.1, 0.15) is 5.60 Å². The maximum absolute atomic E-state index is 12.3. The molecule has 0 bridgehead atoms. The van der Waals surface area contributed by atoms with Gasteiger partial charge < -0.3 is 20.7 Å². The fraction of sp³-hybridized carbons (Fsp3) is 0.889. The molecular weight excluding hydrogens is 502 g/mol. The molecule has 0 spiro atoms. The molecule has 11 heteroatoms. The first kappa shape index (κ1) is 28.0. The van der Waals surface area contributed by atoms with Crippen molar-refractivity contribution < 1.29 is 22.7 Å². The molecule has 1 aliphatic rings. The topological polar surface area (TPSA) is 78.0 Å². The van der Waals surface area contributed by atoms with Crippen LogP contribution in [-0.2, 0) is 4.74 Å². The second-order valence-electron chi connectivity index (χ2n) is 8.19. The molecule has 1 amide bonds. The summed E-state index contributed by atoms with van der Waals surface area (Å²) in [5, 5.41) is 9.23. The summed E-state index contributed by atoms with van der Waals surface area (Å²) in [6.45, 7) is 5.16. The predicted molar refractivity (Wildman–Crippen MR) is 119 cm³/mol. The van der Waals surface area contributed by atoms with Gasteiger partial charge in [-0.2, -0.15) is 13.2 Å². The molecule has 1 saturated carbocycles. The highest BCUT2D eigenvalue weighted by molar-refractivity contribution is 14.0. The SMILES string of the molecule is CN=C(NCCN(C)CC(F)(F)F)NC1CCC(NC(=O)OC(C)(C)C)CC1.I. The summed E-state index contributed by atoms with van der Waals surface area (Å²) in [5.74, 6) is 0.573. The lowest BCUT2D eigenvalue weighted by molar-refractivity contribution is -0.142. The normalized spacial score (nSPS) is 20.7. The van der Waals surface area contributed by atoms with E-state index in [0.717, 1.165) is 25.7 Å². The van der Waals surface area contributed by atoms with Crippen LogP contribution in [0.4, 0.5) is 18.0 Å². The Kier molecular flexibility index (Phi) is 12.2. The lowest BCUT2D eigenvalue weighted by atomic mass is 9.91. The van der Waals surface area contributed by atoms with Crippen LogP contribution >= 0.6 is 24.0 Å². The van der Waals surface area contributed by atoms with Crippen molar-refractivity contribution in [2.24, 2.45) is 4.99 Å². The smallest absolute Gasteiger partial charge is 0.407 e. The van der Waals surface area contributed by atoms with Gasteiger partial charge in [0, 0.05) is 32.2 Å². The number of alkyl halides is 3. The summed E-state index contributed by atoms with van der Waals surface area (Å²) in [4.78, 5) is 17.2. The van der Waals surface area contributed by atoms with Gasteiger partial charge in [-0.3, -0.25) is 9.89 Å². The lowest BCUT2D eigenvalue weighted by Crippen LogP contribution is -2.49. The highest BCUT2D eigenvalue weighted by atomic mass is 127. The number of aliphatic imine (C=N–C) groups is 1. The molecule has 0 aliphatic heterocycles. The van der Waals surface area contributed by atoms with E-state index in [2.05, 4.69) is 20.9 Å². The van der Waals surface area contributed by atoms with Crippen molar-refractivity contribution in [3.63, 3.8) is 0 Å². The average Bonchev–Trinajstić information content (AvgIpc) is 2.52.